The molecule has 0 bridgehead atoms. The van der Waals surface area contributed by atoms with Crippen LogP contribution in [0.2, 0.25) is 5.02 Å². The number of halogens is 1. The Morgan fingerprint density at radius 2 is 2.00 bits per heavy atom. The van der Waals surface area contributed by atoms with E-state index in [9.17, 15) is 4.79 Å². The summed E-state index contributed by atoms with van der Waals surface area (Å²) in [6.45, 7) is 6.28. The van der Waals surface area contributed by atoms with Gasteiger partial charge in [0.2, 0.25) is 5.91 Å². The second-order valence-corrected chi connectivity index (χ2v) is 8.12. The predicted octanol–water partition coefficient (Wildman–Crippen LogP) is 4.22. The minimum Gasteiger partial charge on any atom is -0.310 e. The molecule has 1 aliphatic rings. The van der Waals surface area contributed by atoms with Gasteiger partial charge in [-0.15, -0.1) is 0 Å². The molecular formula is C17H20ClN3OS. The first-order chi connectivity index (χ1) is 10.8. The molecule has 1 aromatic heterocycles. The van der Waals surface area contributed by atoms with Gasteiger partial charge < -0.3 is 5.32 Å². The minimum atomic E-state index is -0.169. The van der Waals surface area contributed by atoms with E-state index in [-0.39, 0.29) is 11.4 Å². The van der Waals surface area contributed by atoms with Crippen molar-refractivity contribution in [1.82, 2.24) is 9.78 Å². The highest BCUT2D eigenvalue weighted by Crippen LogP contribution is 2.37. The Hall–Kier alpha value is -1.46. The molecule has 0 fully saturated rings. The van der Waals surface area contributed by atoms with Gasteiger partial charge in [0.15, 0.2) is 0 Å². The quantitative estimate of drug-likeness (QED) is 0.902. The lowest BCUT2D eigenvalue weighted by Crippen LogP contribution is -2.27. The maximum Gasteiger partial charge on any atom is 0.229 e. The van der Waals surface area contributed by atoms with Crippen LogP contribution in [0.25, 0.3) is 0 Å². The fourth-order valence-corrected chi connectivity index (χ4v) is 3.75. The summed E-state index contributed by atoms with van der Waals surface area (Å²) in [5, 5.41) is 8.45. The third-order valence-corrected chi connectivity index (χ3v) is 4.95. The Morgan fingerprint density at radius 3 is 2.65 bits per heavy atom. The van der Waals surface area contributed by atoms with Crippen molar-refractivity contribution in [1.29, 1.82) is 0 Å². The molecule has 122 valence electrons. The van der Waals surface area contributed by atoms with Crippen molar-refractivity contribution in [3.05, 3.63) is 46.1 Å². The maximum absolute atomic E-state index is 12.5. The predicted molar refractivity (Wildman–Crippen MR) is 96.0 cm³/mol. The number of nitrogens with zero attached hydrogens (tertiary/aromatic N) is 2. The monoisotopic (exact) mass is 349 g/mol. The molecule has 0 spiro atoms. The van der Waals surface area contributed by atoms with Crippen LogP contribution in [0.1, 0.15) is 37.6 Å². The van der Waals surface area contributed by atoms with Gasteiger partial charge in [-0.25, -0.2) is 4.68 Å². The van der Waals surface area contributed by atoms with Gasteiger partial charge in [-0.2, -0.15) is 16.9 Å². The number of rotatable bonds is 3. The highest BCUT2D eigenvalue weighted by atomic mass is 35.5. The van der Waals surface area contributed by atoms with Crippen molar-refractivity contribution in [2.24, 2.45) is 0 Å². The van der Waals surface area contributed by atoms with E-state index in [1.54, 1.807) is 12.1 Å². The van der Waals surface area contributed by atoms with Gasteiger partial charge in [0.25, 0.3) is 0 Å². The van der Waals surface area contributed by atoms with Crippen LogP contribution in [0.3, 0.4) is 0 Å². The molecule has 3 rings (SSSR count). The molecule has 4 nitrogen and oxygen atoms in total. The first-order valence-corrected chi connectivity index (χ1v) is 9.11. The molecule has 2 aromatic rings. The van der Waals surface area contributed by atoms with Crippen LogP contribution in [-0.4, -0.2) is 15.7 Å². The van der Waals surface area contributed by atoms with E-state index >= 15 is 0 Å². The smallest absolute Gasteiger partial charge is 0.229 e. The number of anilines is 1. The summed E-state index contributed by atoms with van der Waals surface area (Å²) in [7, 11) is 0. The zero-order valence-electron chi connectivity index (χ0n) is 13.5. The van der Waals surface area contributed by atoms with E-state index in [1.807, 2.05) is 28.6 Å². The third kappa shape index (κ3) is 3.56. The summed E-state index contributed by atoms with van der Waals surface area (Å²) >= 11 is 7.72. The molecular weight excluding hydrogens is 330 g/mol. The number of thioether (sulfide) groups is 1. The van der Waals surface area contributed by atoms with E-state index < -0.39 is 0 Å². The van der Waals surface area contributed by atoms with Gasteiger partial charge >= 0.3 is 0 Å². The van der Waals surface area contributed by atoms with Crippen LogP contribution in [0.15, 0.2) is 24.3 Å². The minimum absolute atomic E-state index is 0.0302. The average molecular weight is 350 g/mol. The Labute approximate surface area is 145 Å². The normalized spacial score (nSPS) is 13.9. The van der Waals surface area contributed by atoms with E-state index in [0.717, 1.165) is 34.1 Å². The van der Waals surface area contributed by atoms with Crippen LogP contribution < -0.4 is 5.32 Å². The van der Waals surface area contributed by atoms with Gasteiger partial charge in [0.05, 0.1) is 17.7 Å². The molecule has 1 N–H and O–H groups in total. The summed E-state index contributed by atoms with van der Waals surface area (Å²) in [5.74, 6) is 2.63. The highest BCUT2D eigenvalue weighted by molar-refractivity contribution is 7.98. The molecule has 23 heavy (non-hydrogen) atoms. The number of amides is 1. The van der Waals surface area contributed by atoms with Crippen molar-refractivity contribution < 1.29 is 4.79 Å². The van der Waals surface area contributed by atoms with Crippen LogP contribution in [0, 0.1) is 0 Å². The molecule has 1 aliphatic heterocycles. The Morgan fingerprint density at radius 1 is 1.30 bits per heavy atom. The topological polar surface area (TPSA) is 46.9 Å². The van der Waals surface area contributed by atoms with Crippen LogP contribution in [0.5, 0.6) is 0 Å². The van der Waals surface area contributed by atoms with Gasteiger partial charge in [0, 0.05) is 22.1 Å². The molecule has 0 aliphatic carbocycles. The van der Waals surface area contributed by atoms with E-state index in [4.69, 9.17) is 16.7 Å². The fraction of sp³-hybridized carbons (Fsp3) is 0.412. The van der Waals surface area contributed by atoms with E-state index in [2.05, 4.69) is 26.1 Å². The lowest BCUT2D eigenvalue weighted by Gasteiger charge is -2.23. The highest BCUT2D eigenvalue weighted by Gasteiger charge is 2.28. The van der Waals surface area contributed by atoms with Gasteiger partial charge in [-0.05, 0) is 38.5 Å². The Balaban J connectivity index is 1.82. The fourth-order valence-electron chi connectivity index (χ4n) is 2.59. The molecule has 0 saturated carbocycles. The summed E-state index contributed by atoms with van der Waals surface area (Å²) < 4.78 is 1.94. The van der Waals surface area contributed by atoms with Gasteiger partial charge in [-0.3, -0.25) is 4.79 Å². The lowest BCUT2D eigenvalue weighted by molar-refractivity contribution is -0.115. The van der Waals surface area contributed by atoms with Gasteiger partial charge in [0.1, 0.15) is 5.82 Å². The molecule has 0 atom stereocenters. The zero-order chi connectivity index (χ0) is 16.6. The van der Waals surface area contributed by atoms with Gasteiger partial charge in [-0.1, -0.05) is 23.7 Å². The maximum atomic E-state index is 12.5. The standard InChI is InChI=1S/C17H20ClN3OS/c1-17(2,3)21-16(13-9-23-10-14(13)20-21)19-15(22)8-11-4-6-12(18)7-5-11/h4-7H,8-10H2,1-3H3,(H,19,22). The number of fused-ring (bicyclic) bond motifs is 1. The van der Waals surface area contributed by atoms with Crippen LogP contribution in [-0.2, 0) is 28.3 Å². The number of hydrogen-bond donors (Lipinski definition) is 1. The molecule has 0 unspecified atom stereocenters. The zero-order valence-corrected chi connectivity index (χ0v) is 15.1. The van der Waals surface area contributed by atoms with Crippen molar-refractivity contribution >= 4 is 35.1 Å². The average Bonchev–Trinajstić information content (AvgIpc) is 3.03. The number of aromatic nitrogens is 2. The first kappa shape index (κ1) is 16.4. The summed E-state index contributed by atoms with van der Waals surface area (Å²) in [6.07, 6.45) is 0.328. The first-order valence-electron chi connectivity index (χ1n) is 7.58. The summed E-state index contributed by atoms with van der Waals surface area (Å²) in [5.41, 5.74) is 3.03. The van der Waals surface area contributed by atoms with Crippen molar-refractivity contribution in [2.45, 2.75) is 44.2 Å². The molecule has 1 aromatic carbocycles. The van der Waals surface area contributed by atoms with E-state index in [1.165, 1.54) is 0 Å². The lowest BCUT2D eigenvalue weighted by atomic mass is 10.1. The third-order valence-electron chi connectivity index (χ3n) is 3.72. The number of hydrogen-bond acceptors (Lipinski definition) is 3. The largest absolute Gasteiger partial charge is 0.310 e. The molecule has 2 heterocycles. The molecule has 6 heteroatoms. The number of benzene rings is 1. The Kier molecular flexibility index (Phi) is 4.43. The summed E-state index contributed by atoms with van der Waals surface area (Å²) in [6, 6.07) is 7.36. The second-order valence-electron chi connectivity index (χ2n) is 6.70. The number of nitrogens with one attached hydrogen (secondary N) is 1. The number of carbonyl (C=O) groups is 1. The number of carbonyl (C=O) groups excluding carboxylic acids is 1. The van der Waals surface area contributed by atoms with Crippen molar-refractivity contribution in [2.75, 3.05) is 5.32 Å². The summed E-state index contributed by atoms with van der Waals surface area (Å²) in [4.78, 5) is 12.5. The van der Waals surface area contributed by atoms with Crippen molar-refractivity contribution in [3.8, 4) is 0 Å². The van der Waals surface area contributed by atoms with Crippen LogP contribution in [0.4, 0.5) is 5.82 Å². The molecule has 0 radical (unpaired) electrons. The van der Waals surface area contributed by atoms with Crippen molar-refractivity contribution in [3.63, 3.8) is 0 Å². The SMILES string of the molecule is CC(C)(C)n1nc2c(c1NC(=O)Cc1ccc(Cl)cc1)CSC2. The molecule has 0 saturated heterocycles. The molecule has 1 amide bonds. The second kappa shape index (κ2) is 6.21. The van der Waals surface area contributed by atoms with Crippen LogP contribution >= 0.6 is 23.4 Å². The Bertz CT molecular complexity index is 732. The van der Waals surface area contributed by atoms with E-state index in [0.29, 0.717) is 11.4 Å².